The van der Waals surface area contributed by atoms with E-state index in [2.05, 4.69) is 20.3 Å². The minimum absolute atomic E-state index is 0.0530. The Labute approximate surface area is 112 Å². The van der Waals surface area contributed by atoms with E-state index in [1.54, 1.807) is 0 Å². The summed E-state index contributed by atoms with van der Waals surface area (Å²) in [5.41, 5.74) is 0.282. The highest BCUT2D eigenvalue weighted by Crippen LogP contribution is 2.11. The largest absolute Gasteiger partial charge is 0.476 e. The number of anilines is 1. The molecule has 96 valence electrons. The Bertz CT molecular complexity index is 634. The van der Waals surface area contributed by atoms with Crippen LogP contribution in [0.4, 0.5) is 5.82 Å². The molecule has 0 saturated carbocycles. The summed E-state index contributed by atoms with van der Waals surface area (Å²) in [4.78, 5) is 22.5. The van der Waals surface area contributed by atoms with E-state index in [-0.39, 0.29) is 11.4 Å². The smallest absolute Gasteiger partial charge is 0.355 e. The highest BCUT2D eigenvalue weighted by Gasteiger charge is 2.09. The summed E-state index contributed by atoms with van der Waals surface area (Å²) in [7, 11) is 0. The number of hydrogen-bond acceptors (Lipinski definition) is 7. The van der Waals surface area contributed by atoms with Gasteiger partial charge in [0.2, 0.25) is 0 Å². The molecule has 0 bridgehead atoms. The molecule has 0 aliphatic heterocycles. The predicted octanol–water partition coefficient (Wildman–Crippen LogP) is 1.16. The zero-order chi connectivity index (χ0) is 13.7. The van der Waals surface area contributed by atoms with Gasteiger partial charge < -0.3 is 10.4 Å². The number of thiazole rings is 1. The fraction of sp³-hybridized carbons (Fsp3) is 0.182. The van der Waals surface area contributed by atoms with E-state index in [0.29, 0.717) is 23.8 Å². The number of carboxylic acids is 1. The zero-order valence-electron chi connectivity index (χ0n) is 9.70. The lowest BCUT2D eigenvalue weighted by atomic mass is 10.4. The quantitative estimate of drug-likeness (QED) is 0.841. The lowest BCUT2D eigenvalue weighted by Crippen LogP contribution is -2.08. The monoisotopic (exact) mass is 275 g/mol. The first-order chi connectivity index (χ1) is 9.20. The number of aromatic carboxylic acids is 1. The van der Waals surface area contributed by atoms with Crippen molar-refractivity contribution in [3.05, 3.63) is 34.2 Å². The summed E-state index contributed by atoms with van der Waals surface area (Å²) in [5.74, 6) is -0.615. The highest BCUT2D eigenvalue weighted by molar-refractivity contribution is 7.09. The van der Waals surface area contributed by atoms with Crippen molar-refractivity contribution in [3.63, 3.8) is 0 Å². The average molecular weight is 275 g/mol. The van der Waals surface area contributed by atoms with Crippen molar-refractivity contribution in [2.24, 2.45) is 0 Å². The van der Waals surface area contributed by atoms with E-state index in [1.165, 1.54) is 29.1 Å². The lowest BCUT2D eigenvalue weighted by Gasteiger charge is -2.04. The van der Waals surface area contributed by atoms with Gasteiger partial charge in [0.05, 0.1) is 5.01 Å². The molecule has 2 aromatic rings. The molecule has 8 heteroatoms. The predicted molar refractivity (Wildman–Crippen MR) is 68.0 cm³/mol. The molecule has 2 heterocycles. The molecule has 0 unspecified atom stereocenters. The van der Waals surface area contributed by atoms with E-state index in [0.717, 1.165) is 0 Å². The van der Waals surface area contributed by atoms with E-state index in [1.807, 2.05) is 6.07 Å². The van der Waals surface area contributed by atoms with Crippen molar-refractivity contribution >= 4 is 23.1 Å². The van der Waals surface area contributed by atoms with Gasteiger partial charge in [-0.2, -0.15) is 5.26 Å². The summed E-state index contributed by atoms with van der Waals surface area (Å²) in [6.45, 7) is 0.500. The molecule has 0 radical (unpaired) electrons. The first kappa shape index (κ1) is 12.9. The van der Waals surface area contributed by atoms with Crippen LogP contribution in [0.15, 0.2) is 17.8 Å². The van der Waals surface area contributed by atoms with Gasteiger partial charge in [-0.05, 0) is 0 Å². The maximum absolute atomic E-state index is 10.7. The molecule has 0 saturated heterocycles. The van der Waals surface area contributed by atoms with Crippen molar-refractivity contribution in [2.45, 2.75) is 6.42 Å². The molecular formula is C11H9N5O2S. The molecule has 7 nitrogen and oxygen atoms in total. The molecule has 0 aliphatic rings. The Morgan fingerprint density at radius 1 is 1.47 bits per heavy atom. The van der Waals surface area contributed by atoms with Crippen molar-refractivity contribution in [3.8, 4) is 6.07 Å². The molecule has 2 N–H and O–H groups in total. The van der Waals surface area contributed by atoms with Crippen LogP contribution in [-0.4, -0.2) is 32.6 Å². The van der Waals surface area contributed by atoms with Gasteiger partial charge in [0.25, 0.3) is 0 Å². The second-order valence-electron chi connectivity index (χ2n) is 3.47. The van der Waals surface area contributed by atoms with E-state index >= 15 is 0 Å². The molecule has 0 fully saturated rings. The van der Waals surface area contributed by atoms with Crippen LogP contribution in [0.25, 0.3) is 0 Å². The third-order valence-corrected chi connectivity index (χ3v) is 3.11. The first-order valence-electron chi connectivity index (χ1n) is 5.33. The van der Waals surface area contributed by atoms with E-state index < -0.39 is 5.97 Å². The zero-order valence-corrected chi connectivity index (χ0v) is 10.5. The molecule has 0 amide bonds. The average Bonchev–Trinajstić information content (AvgIpc) is 2.88. The van der Waals surface area contributed by atoms with Crippen molar-refractivity contribution < 1.29 is 9.90 Å². The molecular weight excluding hydrogens is 266 g/mol. The molecule has 0 spiro atoms. The number of carboxylic acid groups (broad SMARTS) is 1. The molecule has 2 rings (SSSR count). The van der Waals surface area contributed by atoms with Crippen LogP contribution < -0.4 is 5.32 Å². The maximum atomic E-state index is 10.7. The maximum Gasteiger partial charge on any atom is 0.355 e. The summed E-state index contributed by atoms with van der Waals surface area (Å²) < 4.78 is 0. The van der Waals surface area contributed by atoms with Crippen LogP contribution in [0.3, 0.4) is 0 Å². The van der Waals surface area contributed by atoms with Crippen LogP contribution in [0, 0.1) is 11.3 Å². The third-order valence-electron chi connectivity index (χ3n) is 2.21. The Balaban J connectivity index is 1.93. The standard InChI is InChI=1S/C11H9N5O2S/c12-5-7-10(15-4-3-13-7)14-2-1-9-16-8(6-19-9)11(17)18/h3-4,6H,1-2H2,(H,14,15)(H,17,18). The van der Waals surface area contributed by atoms with Gasteiger partial charge in [0.1, 0.15) is 6.07 Å². The highest BCUT2D eigenvalue weighted by atomic mass is 32.1. The number of aromatic nitrogens is 3. The number of nitriles is 1. The molecule has 19 heavy (non-hydrogen) atoms. The molecule has 0 aromatic carbocycles. The Morgan fingerprint density at radius 3 is 2.95 bits per heavy atom. The lowest BCUT2D eigenvalue weighted by molar-refractivity contribution is 0.0691. The fourth-order valence-corrected chi connectivity index (χ4v) is 2.13. The van der Waals surface area contributed by atoms with E-state index in [4.69, 9.17) is 10.4 Å². The fourth-order valence-electron chi connectivity index (χ4n) is 1.36. The summed E-state index contributed by atoms with van der Waals surface area (Å²) in [6.07, 6.45) is 3.50. The van der Waals surface area contributed by atoms with Gasteiger partial charge in [-0.1, -0.05) is 0 Å². The van der Waals surface area contributed by atoms with Crippen molar-refractivity contribution in [1.29, 1.82) is 5.26 Å². The van der Waals surface area contributed by atoms with Gasteiger partial charge in [-0.25, -0.2) is 19.7 Å². The van der Waals surface area contributed by atoms with Gasteiger partial charge in [0.15, 0.2) is 17.2 Å². The number of rotatable bonds is 5. The van der Waals surface area contributed by atoms with Crippen molar-refractivity contribution in [2.75, 3.05) is 11.9 Å². The SMILES string of the molecule is N#Cc1nccnc1NCCc1nc(C(=O)O)cs1. The van der Waals surface area contributed by atoms with Gasteiger partial charge in [-0.3, -0.25) is 0 Å². The van der Waals surface area contributed by atoms with E-state index in [9.17, 15) is 4.79 Å². The summed E-state index contributed by atoms with van der Waals surface area (Å²) in [6, 6.07) is 1.94. The minimum Gasteiger partial charge on any atom is -0.476 e. The number of nitrogens with one attached hydrogen (secondary N) is 1. The summed E-state index contributed by atoms with van der Waals surface area (Å²) >= 11 is 1.29. The minimum atomic E-state index is -1.03. The molecule has 2 aromatic heterocycles. The normalized spacial score (nSPS) is 9.84. The Hall–Kier alpha value is -2.53. The molecule has 0 aliphatic carbocycles. The summed E-state index contributed by atoms with van der Waals surface area (Å²) in [5, 5.41) is 22.8. The second-order valence-corrected chi connectivity index (χ2v) is 4.42. The van der Waals surface area contributed by atoms with Gasteiger partial charge in [-0.15, -0.1) is 11.3 Å². The van der Waals surface area contributed by atoms with Gasteiger partial charge >= 0.3 is 5.97 Å². The van der Waals surface area contributed by atoms with Crippen LogP contribution in [0.2, 0.25) is 0 Å². The van der Waals surface area contributed by atoms with Gasteiger partial charge in [0, 0.05) is 30.7 Å². The third kappa shape index (κ3) is 3.23. The topological polar surface area (TPSA) is 112 Å². The van der Waals surface area contributed by atoms with Crippen LogP contribution in [0.5, 0.6) is 0 Å². The number of nitrogens with zero attached hydrogens (tertiary/aromatic N) is 4. The Kier molecular flexibility index (Phi) is 4.00. The number of carbonyl (C=O) groups is 1. The van der Waals surface area contributed by atoms with Crippen LogP contribution in [-0.2, 0) is 6.42 Å². The first-order valence-corrected chi connectivity index (χ1v) is 6.21. The Morgan fingerprint density at radius 2 is 2.26 bits per heavy atom. The second kappa shape index (κ2) is 5.88. The van der Waals surface area contributed by atoms with Crippen molar-refractivity contribution in [1.82, 2.24) is 15.0 Å². The van der Waals surface area contributed by atoms with Crippen LogP contribution in [0.1, 0.15) is 21.2 Å². The molecule has 0 atom stereocenters. The number of hydrogen-bond donors (Lipinski definition) is 2. The van der Waals surface area contributed by atoms with Crippen LogP contribution >= 0.6 is 11.3 Å².